The lowest BCUT2D eigenvalue weighted by Crippen LogP contribution is -2.00. The number of rotatable bonds is 7. The van der Waals surface area contributed by atoms with Crippen molar-refractivity contribution in [1.82, 2.24) is 0 Å². The molecular weight excluding hydrogens is 455 g/mol. The molecule has 0 aliphatic carbocycles. The summed E-state index contributed by atoms with van der Waals surface area (Å²) in [5, 5.41) is 3.52. The van der Waals surface area contributed by atoms with Gasteiger partial charge in [0.25, 0.3) is 0 Å². The van der Waals surface area contributed by atoms with Crippen molar-refractivity contribution < 1.29 is 4.18 Å². The van der Waals surface area contributed by atoms with Gasteiger partial charge in [-0.25, -0.2) is 0 Å². The lowest BCUT2D eigenvalue weighted by atomic mass is 10.1. The largest absolute Gasteiger partial charge is 0.355 e. The summed E-state index contributed by atoms with van der Waals surface area (Å²) in [6.07, 6.45) is 8.60. The molecule has 0 unspecified atom stereocenters. The van der Waals surface area contributed by atoms with Crippen LogP contribution in [0.3, 0.4) is 0 Å². The zero-order valence-corrected chi connectivity index (χ0v) is 17.7. The minimum Gasteiger partial charge on any atom is -0.355 e. The molecule has 3 rings (SSSR count). The highest BCUT2D eigenvalue weighted by atomic mass is 127. The van der Waals surface area contributed by atoms with Crippen LogP contribution in [0.25, 0.3) is 12.2 Å². The Bertz CT molecular complexity index is 887. The van der Waals surface area contributed by atoms with Gasteiger partial charge in [0, 0.05) is 17.1 Å². The first-order chi connectivity index (χ1) is 12.7. The Balaban J connectivity index is 1.74. The lowest BCUT2D eigenvalue weighted by molar-refractivity contribution is 0.492. The minimum atomic E-state index is 0.110. The number of anilines is 2. The fraction of sp³-hybridized carbons (Fsp3) is 0.0952. The number of nitrogens with one attached hydrogen (secondary N) is 2. The average Bonchev–Trinajstić information content (AvgIpc) is 2.68. The van der Waals surface area contributed by atoms with E-state index in [0.717, 1.165) is 22.6 Å². The maximum Gasteiger partial charge on any atom is 0.111 e. The minimum absolute atomic E-state index is 0.110. The van der Waals surface area contributed by atoms with E-state index in [0.29, 0.717) is 0 Å². The molecule has 134 valence electrons. The Morgan fingerprint density at radius 3 is 2.69 bits per heavy atom. The SMILES string of the molecule is COSNc1cccc(/C=C/c2ccc(C)c(NC3=CC=IC=C3)c2)c1. The first-order valence-electron chi connectivity index (χ1n) is 8.18. The Labute approximate surface area is 169 Å². The zero-order chi connectivity index (χ0) is 18.2. The molecule has 1 heterocycles. The van der Waals surface area contributed by atoms with E-state index < -0.39 is 0 Å². The molecule has 3 nitrogen and oxygen atoms in total. The van der Waals surface area contributed by atoms with Gasteiger partial charge in [-0.1, -0.05) is 57.1 Å². The zero-order valence-electron chi connectivity index (χ0n) is 14.7. The monoisotopic (exact) mass is 476 g/mol. The maximum atomic E-state index is 4.97. The van der Waals surface area contributed by atoms with E-state index in [2.05, 4.69) is 79.7 Å². The van der Waals surface area contributed by atoms with Crippen LogP contribution < -0.4 is 10.0 Å². The Hall–Kier alpha value is -1.83. The highest BCUT2D eigenvalue weighted by Crippen LogP contribution is 2.22. The molecule has 1 aliphatic heterocycles. The Morgan fingerprint density at radius 1 is 1.08 bits per heavy atom. The fourth-order valence-electron chi connectivity index (χ4n) is 2.41. The third-order valence-corrected chi connectivity index (χ3v) is 5.80. The predicted molar refractivity (Wildman–Crippen MR) is 126 cm³/mol. The van der Waals surface area contributed by atoms with Gasteiger partial charge in [0.05, 0.1) is 7.11 Å². The number of allylic oxidation sites excluding steroid dienone is 2. The van der Waals surface area contributed by atoms with Gasteiger partial charge in [0.15, 0.2) is 0 Å². The van der Waals surface area contributed by atoms with Crippen molar-refractivity contribution >= 4 is 60.5 Å². The molecule has 0 spiro atoms. The van der Waals surface area contributed by atoms with Crippen molar-refractivity contribution in [2.45, 2.75) is 6.92 Å². The smallest absolute Gasteiger partial charge is 0.111 e. The van der Waals surface area contributed by atoms with Gasteiger partial charge in [-0.05, 0) is 62.1 Å². The number of halogens is 1. The summed E-state index contributed by atoms with van der Waals surface area (Å²) in [7, 11) is 1.64. The fourth-order valence-corrected chi connectivity index (χ4v) is 4.15. The van der Waals surface area contributed by atoms with Crippen LogP contribution in [0.15, 0.2) is 64.4 Å². The van der Waals surface area contributed by atoms with E-state index in [4.69, 9.17) is 4.18 Å². The van der Waals surface area contributed by atoms with Gasteiger partial charge < -0.3 is 14.2 Å². The molecule has 1 aliphatic rings. The van der Waals surface area contributed by atoms with E-state index in [1.165, 1.54) is 23.4 Å². The van der Waals surface area contributed by atoms with Crippen LogP contribution in [-0.4, -0.2) is 11.1 Å². The molecule has 0 bridgehead atoms. The highest BCUT2D eigenvalue weighted by Gasteiger charge is 2.01. The first-order valence-corrected chi connectivity index (χ1v) is 11.4. The van der Waals surface area contributed by atoms with E-state index in [1.54, 1.807) is 7.11 Å². The molecule has 0 fully saturated rings. The molecule has 0 radical (unpaired) electrons. The standard InChI is InChI=1S/C21H21IN2OS/c1-16-6-7-18(15-21(16)23-19-10-12-22-13-11-19)9-8-17-4-3-5-20(14-17)24-26-25-2/h3-15,23-24H,1-2H3/b9-8+. The van der Waals surface area contributed by atoms with Crippen LogP contribution in [0.2, 0.25) is 0 Å². The van der Waals surface area contributed by atoms with Gasteiger partial charge in [-0.15, -0.1) is 0 Å². The molecule has 0 atom stereocenters. The lowest BCUT2D eigenvalue weighted by Gasteiger charge is -2.12. The second kappa shape index (κ2) is 9.75. The van der Waals surface area contributed by atoms with Gasteiger partial charge in [-0.2, -0.15) is 0 Å². The molecular formula is C21H21IN2OS. The summed E-state index contributed by atoms with van der Waals surface area (Å²) in [6, 6.07) is 14.7. The summed E-state index contributed by atoms with van der Waals surface area (Å²) < 4.78 is 12.6. The molecule has 0 amide bonds. The van der Waals surface area contributed by atoms with Crippen LogP contribution in [0.5, 0.6) is 0 Å². The molecule has 5 heteroatoms. The molecule has 2 N–H and O–H groups in total. The third kappa shape index (κ3) is 5.59. The van der Waals surface area contributed by atoms with Crippen molar-refractivity contribution in [3.05, 3.63) is 81.1 Å². The predicted octanol–water partition coefficient (Wildman–Crippen LogP) is 6.38. The summed E-state index contributed by atoms with van der Waals surface area (Å²) in [5.41, 5.74) is 6.84. The molecule has 0 saturated carbocycles. The maximum absolute atomic E-state index is 4.97. The molecule has 26 heavy (non-hydrogen) atoms. The first kappa shape index (κ1) is 18.9. The van der Waals surface area contributed by atoms with Gasteiger partial charge >= 0.3 is 0 Å². The van der Waals surface area contributed by atoms with Crippen molar-refractivity contribution in [3.8, 4) is 0 Å². The van der Waals surface area contributed by atoms with Crippen molar-refractivity contribution in [2.75, 3.05) is 17.1 Å². The van der Waals surface area contributed by atoms with Crippen molar-refractivity contribution in [1.29, 1.82) is 0 Å². The van der Waals surface area contributed by atoms with Crippen LogP contribution in [0, 0.1) is 6.92 Å². The second-order valence-electron chi connectivity index (χ2n) is 5.68. The van der Waals surface area contributed by atoms with E-state index in [-0.39, 0.29) is 20.7 Å². The van der Waals surface area contributed by atoms with Crippen LogP contribution >= 0.6 is 33.0 Å². The third-order valence-electron chi connectivity index (χ3n) is 3.77. The van der Waals surface area contributed by atoms with Gasteiger partial charge in [0.1, 0.15) is 12.2 Å². The molecule has 2 aromatic rings. The second-order valence-corrected chi connectivity index (χ2v) is 8.54. The number of hydrogen-bond donors (Lipinski definition) is 2. The number of benzene rings is 2. The molecule has 2 aromatic carbocycles. The van der Waals surface area contributed by atoms with Crippen LogP contribution in [0.4, 0.5) is 11.4 Å². The average molecular weight is 476 g/mol. The van der Waals surface area contributed by atoms with E-state index >= 15 is 0 Å². The summed E-state index contributed by atoms with van der Waals surface area (Å²) in [4.78, 5) is 0. The normalized spacial score (nSPS) is 13.4. The topological polar surface area (TPSA) is 33.3 Å². The van der Waals surface area contributed by atoms with Crippen molar-refractivity contribution in [3.63, 3.8) is 0 Å². The molecule has 0 saturated heterocycles. The van der Waals surface area contributed by atoms with Gasteiger partial charge in [0.2, 0.25) is 0 Å². The van der Waals surface area contributed by atoms with E-state index in [1.807, 2.05) is 12.1 Å². The number of aryl methyl sites for hydroxylation is 1. The summed E-state index contributed by atoms with van der Waals surface area (Å²) in [5.74, 6) is 0. The highest BCUT2D eigenvalue weighted by molar-refractivity contribution is 14.2. The van der Waals surface area contributed by atoms with Crippen molar-refractivity contribution in [2.24, 2.45) is 0 Å². The van der Waals surface area contributed by atoms with Crippen LogP contribution in [-0.2, 0) is 4.18 Å². The van der Waals surface area contributed by atoms with Gasteiger partial charge in [-0.3, -0.25) is 0 Å². The summed E-state index contributed by atoms with van der Waals surface area (Å²) in [6.45, 7) is 2.13. The summed E-state index contributed by atoms with van der Waals surface area (Å²) >= 11 is 1.32. The molecule has 0 aromatic heterocycles. The Kier molecular flexibility index (Phi) is 7.11. The quantitative estimate of drug-likeness (QED) is 0.210. The Morgan fingerprint density at radius 2 is 1.92 bits per heavy atom. The van der Waals surface area contributed by atoms with E-state index in [9.17, 15) is 0 Å². The van der Waals surface area contributed by atoms with Crippen LogP contribution in [0.1, 0.15) is 16.7 Å². The number of hydrogen-bond acceptors (Lipinski definition) is 4.